The standard InChI is InChI=1S/C34H39N7O5S/c1-6-41(16-10-18-45-33(42)24(2)3)28-14-15-29(30(21-28)36-23-44-17-11-19-46-34(43)25(4)5)38-40-32-26(22-35)20-31(47-32)39-37-27-12-8-7-9-13-27/h7-9,12-15,20-21,36H,2,4,6,10-11,16-19,23H2,1,3,5H3/b39-37+,40-38+. The maximum absolute atomic E-state index is 11.7. The van der Waals surface area contributed by atoms with Gasteiger partial charge in [-0.3, -0.25) is 0 Å². The van der Waals surface area contributed by atoms with E-state index in [0.29, 0.717) is 69.8 Å². The second-order valence-corrected chi connectivity index (χ2v) is 11.2. The Hall–Kier alpha value is -5.19. The van der Waals surface area contributed by atoms with E-state index in [1.807, 2.05) is 55.5 Å². The Labute approximate surface area is 279 Å². The molecule has 1 N–H and O–H groups in total. The average Bonchev–Trinajstić information content (AvgIpc) is 3.48. The first-order valence-electron chi connectivity index (χ1n) is 15.0. The minimum Gasteiger partial charge on any atom is -0.462 e. The van der Waals surface area contributed by atoms with E-state index in [9.17, 15) is 14.9 Å². The maximum Gasteiger partial charge on any atom is 0.333 e. The molecule has 3 rings (SSSR count). The SMILES string of the molecule is C=C(C)C(=O)OCCCOCNc1cc(N(CC)CCCOC(=O)C(=C)C)ccc1/N=N/c1sc(/N=N/c2ccccc2)cc1C#N. The number of carbonyl (C=O) groups is 2. The predicted octanol–water partition coefficient (Wildman–Crippen LogP) is 8.68. The van der Waals surface area contributed by atoms with Gasteiger partial charge in [-0.1, -0.05) is 42.7 Å². The summed E-state index contributed by atoms with van der Waals surface area (Å²) in [6.07, 6.45) is 1.15. The van der Waals surface area contributed by atoms with Crippen molar-refractivity contribution in [1.82, 2.24) is 0 Å². The first-order valence-corrected chi connectivity index (χ1v) is 15.8. The molecule has 0 atom stereocenters. The summed E-state index contributed by atoms with van der Waals surface area (Å²) in [6, 6.07) is 18.8. The van der Waals surface area contributed by atoms with E-state index in [4.69, 9.17) is 14.2 Å². The van der Waals surface area contributed by atoms with Crippen molar-refractivity contribution in [2.75, 3.05) is 49.9 Å². The van der Waals surface area contributed by atoms with Gasteiger partial charge in [-0.15, -0.1) is 20.5 Å². The molecular formula is C34H39N7O5S. The second-order valence-electron chi connectivity index (χ2n) is 10.2. The Morgan fingerprint density at radius 2 is 1.62 bits per heavy atom. The van der Waals surface area contributed by atoms with E-state index in [1.54, 1.807) is 19.9 Å². The number of rotatable bonds is 19. The summed E-state index contributed by atoms with van der Waals surface area (Å²) < 4.78 is 16.1. The van der Waals surface area contributed by atoms with Gasteiger partial charge in [0.1, 0.15) is 23.5 Å². The van der Waals surface area contributed by atoms with Crippen molar-refractivity contribution in [3.8, 4) is 6.07 Å². The van der Waals surface area contributed by atoms with Gasteiger partial charge in [-0.05, 0) is 63.6 Å². The molecule has 0 radical (unpaired) electrons. The second kappa shape index (κ2) is 19.4. The van der Waals surface area contributed by atoms with Crippen molar-refractivity contribution in [2.24, 2.45) is 20.5 Å². The van der Waals surface area contributed by atoms with Gasteiger partial charge in [-0.2, -0.15) is 5.26 Å². The third-order valence-corrected chi connectivity index (χ3v) is 7.25. The molecule has 0 bridgehead atoms. The molecule has 0 amide bonds. The molecule has 13 heteroatoms. The van der Waals surface area contributed by atoms with Crippen LogP contribution in [0.25, 0.3) is 0 Å². The van der Waals surface area contributed by atoms with Crippen LogP contribution in [0.1, 0.15) is 39.2 Å². The van der Waals surface area contributed by atoms with Gasteiger partial charge in [0.05, 0.1) is 36.8 Å². The molecule has 246 valence electrons. The van der Waals surface area contributed by atoms with Gasteiger partial charge in [0, 0.05) is 36.3 Å². The highest BCUT2D eigenvalue weighted by atomic mass is 32.1. The minimum absolute atomic E-state index is 0.163. The lowest BCUT2D eigenvalue weighted by molar-refractivity contribution is -0.140. The van der Waals surface area contributed by atoms with Crippen LogP contribution in [-0.4, -0.2) is 51.6 Å². The summed E-state index contributed by atoms with van der Waals surface area (Å²) in [6.45, 7) is 14.8. The summed E-state index contributed by atoms with van der Waals surface area (Å²) >= 11 is 1.21. The fraction of sp³-hybridized carbons (Fsp3) is 0.324. The number of nitriles is 1. The fourth-order valence-corrected chi connectivity index (χ4v) is 4.64. The average molecular weight is 658 g/mol. The molecule has 0 aliphatic rings. The molecule has 0 aliphatic carbocycles. The molecule has 0 saturated heterocycles. The van der Waals surface area contributed by atoms with Gasteiger partial charge in [0.25, 0.3) is 0 Å². The zero-order valence-electron chi connectivity index (χ0n) is 26.9. The number of azo groups is 2. The monoisotopic (exact) mass is 657 g/mol. The zero-order valence-corrected chi connectivity index (χ0v) is 27.7. The summed E-state index contributed by atoms with van der Waals surface area (Å²) in [7, 11) is 0. The Bertz CT molecular complexity index is 1630. The molecular weight excluding hydrogens is 618 g/mol. The van der Waals surface area contributed by atoms with E-state index < -0.39 is 11.9 Å². The molecule has 0 spiro atoms. The van der Waals surface area contributed by atoms with Gasteiger partial charge < -0.3 is 24.4 Å². The smallest absolute Gasteiger partial charge is 0.333 e. The number of hydrogen-bond acceptors (Lipinski definition) is 13. The van der Waals surface area contributed by atoms with Gasteiger partial charge >= 0.3 is 11.9 Å². The highest BCUT2D eigenvalue weighted by Crippen LogP contribution is 2.39. The summed E-state index contributed by atoms with van der Waals surface area (Å²) in [5.41, 5.74) is 3.86. The zero-order chi connectivity index (χ0) is 34.0. The third kappa shape index (κ3) is 12.3. The van der Waals surface area contributed by atoms with Crippen molar-refractivity contribution < 1.29 is 23.8 Å². The van der Waals surface area contributed by atoms with Crippen LogP contribution in [-0.2, 0) is 23.8 Å². The Morgan fingerprint density at radius 1 is 0.915 bits per heavy atom. The van der Waals surface area contributed by atoms with Crippen molar-refractivity contribution >= 4 is 56.0 Å². The molecule has 0 aliphatic heterocycles. The molecule has 1 heterocycles. The van der Waals surface area contributed by atoms with E-state index in [0.717, 1.165) is 12.2 Å². The Morgan fingerprint density at radius 3 is 2.28 bits per heavy atom. The van der Waals surface area contributed by atoms with Gasteiger partial charge in [0.15, 0.2) is 5.00 Å². The molecule has 0 unspecified atom stereocenters. The predicted molar refractivity (Wildman–Crippen MR) is 183 cm³/mol. The number of ether oxygens (including phenoxy) is 3. The first-order chi connectivity index (χ1) is 22.7. The molecule has 2 aromatic carbocycles. The topological polar surface area (TPSA) is 150 Å². The highest BCUT2D eigenvalue weighted by molar-refractivity contribution is 7.19. The Kier molecular flexibility index (Phi) is 14.9. The number of carbonyl (C=O) groups excluding carboxylic acids is 2. The molecule has 12 nitrogen and oxygen atoms in total. The number of esters is 2. The van der Waals surface area contributed by atoms with E-state index >= 15 is 0 Å². The summed E-state index contributed by atoms with van der Waals surface area (Å²) in [4.78, 5) is 25.4. The maximum atomic E-state index is 11.7. The van der Waals surface area contributed by atoms with Crippen LogP contribution < -0.4 is 10.2 Å². The van der Waals surface area contributed by atoms with Crippen molar-refractivity contribution in [1.29, 1.82) is 5.26 Å². The lowest BCUT2D eigenvalue weighted by Crippen LogP contribution is -2.25. The number of nitrogens with zero attached hydrogens (tertiary/aromatic N) is 6. The quantitative estimate of drug-likeness (QED) is 0.0442. The molecule has 1 aromatic heterocycles. The lowest BCUT2D eigenvalue weighted by atomic mass is 10.2. The Balaban J connectivity index is 1.74. The number of thiophene rings is 1. The summed E-state index contributed by atoms with van der Waals surface area (Å²) in [5.74, 6) is -0.832. The van der Waals surface area contributed by atoms with E-state index in [1.165, 1.54) is 11.3 Å². The molecule has 3 aromatic rings. The van der Waals surface area contributed by atoms with Gasteiger partial charge in [0.2, 0.25) is 0 Å². The third-order valence-electron chi connectivity index (χ3n) is 6.35. The molecule has 0 saturated carbocycles. The summed E-state index contributed by atoms with van der Waals surface area (Å²) in [5, 5.41) is 31.2. The van der Waals surface area contributed by atoms with Gasteiger partial charge in [-0.25, -0.2) is 9.59 Å². The van der Waals surface area contributed by atoms with E-state index in [2.05, 4.69) is 49.9 Å². The van der Waals surface area contributed by atoms with E-state index in [-0.39, 0.29) is 19.9 Å². The molecule has 0 fully saturated rings. The fourth-order valence-electron chi connectivity index (χ4n) is 3.89. The molecule has 47 heavy (non-hydrogen) atoms. The van der Waals surface area contributed by atoms with Crippen LogP contribution in [0, 0.1) is 11.3 Å². The minimum atomic E-state index is -0.430. The largest absolute Gasteiger partial charge is 0.462 e. The van der Waals surface area contributed by atoms with Crippen molar-refractivity contribution in [3.63, 3.8) is 0 Å². The number of hydrogen-bond donors (Lipinski definition) is 1. The number of nitrogens with one attached hydrogen (secondary N) is 1. The van der Waals surface area contributed by atoms with Crippen molar-refractivity contribution in [2.45, 2.75) is 33.6 Å². The van der Waals surface area contributed by atoms with Crippen LogP contribution in [0.2, 0.25) is 0 Å². The normalized spacial score (nSPS) is 10.9. The first kappa shape index (κ1) is 36.3. The number of anilines is 2. The van der Waals surface area contributed by atoms with Crippen molar-refractivity contribution in [3.05, 3.63) is 84.5 Å². The van der Waals surface area contributed by atoms with Crippen LogP contribution in [0.5, 0.6) is 0 Å². The van der Waals surface area contributed by atoms with Crippen LogP contribution in [0.3, 0.4) is 0 Å². The van der Waals surface area contributed by atoms with Crippen LogP contribution in [0.4, 0.5) is 32.8 Å². The lowest BCUT2D eigenvalue weighted by Gasteiger charge is -2.24. The number of benzene rings is 2. The highest BCUT2D eigenvalue weighted by Gasteiger charge is 2.12. The van der Waals surface area contributed by atoms with Crippen LogP contribution in [0.15, 0.2) is 99.4 Å². The van der Waals surface area contributed by atoms with Crippen LogP contribution >= 0.6 is 11.3 Å².